The summed E-state index contributed by atoms with van der Waals surface area (Å²) in [6.07, 6.45) is 0.238. The van der Waals surface area contributed by atoms with Crippen molar-refractivity contribution < 1.29 is 15.0 Å². The van der Waals surface area contributed by atoms with Gasteiger partial charge in [-0.2, -0.15) is 0 Å². The van der Waals surface area contributed by atoms with Crippen molar-refractivity contribution in [1.82, 2.24) is 9.80 Å². The van der Waals surface area contributed by atoms with E-state index in [-0.39, 0.29) is 25.0 Å². The predicted octanol–water partition coefficient (Wildman–Crippen LogP) is -0.0816. The van der Waals surface area contributed by atoms with Crippen LogP contribution in [0.15, 0.2) is 0 Å². The monoisotopic (exact) mass is 246 g/mol. The van der Waals surface area contributed by atoms with E-state index in [1.54, 1.807) is 14.1 Å². The van der Waals surface area contributed by atoms with E-state index in [1.165, 1.54) is 11.8 Å². The van der Waals surface area contributed by atoms with Crippen molar-refractivity contribution in [2.24, 2.45) is 0 Å². The third-order valence-corrected chi connectivity index (χ3v) is 3.04. The topological polar surface area (TPSA) is 64.0 Å². The van der Waals surface area contributed by atoms with Crippen LogP contribution in [-0.2, 0) is 4.79 Å². The first-order valence-corrected chi connectivity index (χ1v) is 6.09. The summed E-state index contributed by atoms with van der Waals surface area (Å²) in [6, 6.07) is -0.191. The molecule has 102 valence electrons. The molecule has 0 heterocycles. The highest BCUT2D eigenvalue weighted by atomic mass is 16.3. The molecule has 5 nitrogen and oxygen atoms in total. The van der Waals surface area contributed by atoms with Crippen molar-refractivity contribution in [3.05, 3.63) is 0 Å². The molecule has 0 aromatic heterocycles. The summed E-state index contributed by atoms with van der Waals surface area (Å²) in [7, 11) is 3.23. The Balaban J connectivity index is 4.70. The van der Waals surface area contributed by atoms with Crippen LogP contribution in [0.2, 0.25) is 0 Å². The van der Waals surface area contributed by atoms with Gasteiger partial charge in [-0.25, -0.2) is 0 Å². The van der Waals surface area contributed by atoms with Gasteiger partial charge in [0.2, 0.25) is 0 Å². The van der Waals surface area contributed by atoms with E-state index in [0.29, 0.717) is 0 Å². The van der Waals surface area contributed by atoms with Gasteiger partial charge in [-0.1, -0.05) is 13.8 Å². The van der Waals surface area contributed by atoms with E-state index in [2.05, 4.69) is 0 Å². The fraction of sp³-hybridized carbons (Fsp3) is 0.917. The van der Waals surface area contributed by atoms with Crippen molar-refractivity contribution >= 4 is 5.91 Å². The molecule has 0 aliphatic rings. The molecule has 2 unspecified atom stereocenters. The fourth-order valence-electron chi connectivity index (χ4n) is 2.08. The van der Waals surface area contributed by atoms with Gasteiger partial charge < -0.3 is 15.1 Å². The Morgan fingerprint density at radius 3 is 2.06 bits per heavy atom. The Hall–Kier alpha value is -0.650. The standard InChI is InChI=1S/C12H26N2O3/c1-6-14(7-2)10(9-15)8-12(3,17)11(16)13(4)5/h10,15,17H,6-9H2,1-5H3. The summed E-state index contributed by atoms with van der Waals surface area (Å²) in [6.45, 7) is 7.01. The lowest BCUT2D eigenvalue weighted by Crippen LogP contribution is -2.50. The lowest BCUT2D eigenvalue weighted by Gasteiger charge is -2.34. The molecule has 17 heavy (non-hydrogen) atoms. The molecule has 2 atom stereocenters. The maximum absolute atomic E-state index is 11.8. The lowest BCUT2D eigenvalue weighted by atomic mass is 9.94. The predicted molar refractivity (Wildman–Crippen MR) is 67.7 cm³/mol. The molecule has 0 rings (SSSR count). The van der Waals surface area contributed by atoms with Crippen LogP contribution in [0.4, 0.5) is 0 Å². The van der Waals surface area contributed by atoms with Gasteiger partial charge in [-0.15, -0.1) is 0 Å². The summed E-state index contributed by atoms with van der Waals surface area (Å²) < 4.78 is 0. The van der Waals surface area contributed by atoms with E-state index < -0.39 is 5.60 Å². The number of hydrogen-bond donors (Lipinski definition) is 2. The van der Waals surface area contributed by atoms with Crippen molar-refractivity contribution in [1.29, 1.82) is 0 Å². The molecule has 0 fully saturated rings. The van der Waals surface area contributed by atoms with E-state index in [0.717, 1.165) is 13.1 Å². The molecule has 0 radical (unpaired) electrons. The highest BCUT2D eigenvalue weighted by Gasteiger charge is 2.35. The number of carbonyl (C=O) groups is 1. The summed E-state index contributed by atoms with van der Waals surface area (Å²) in [5.74, 6) is -0.330. The molecule has 5 heteroatoms. The van der Waals surface area contributed by atoms with Crippen LogP contribution in [0.1, 0.15) is 27.2 Å². The fourth-order valence-corrected chi connectivity index (χ4v) is 2.08. The molecule has 0 bridgehead atoms. The summed E-state index contributed by atoms with van der Waals surface area (Å²) in [5.41, 5.74) is -1.43. The van der Waals surface area contributed by atoms with Crippen LogP contribution in [0.25, 0.3) is 0 Å². The Labute approximate surface area is 104 Å². The number of hydrogen-bond acceptors (Lipinski definition) is 4. The average Bonchev–Trinajstić information content (AvgIpc) is 2.27. The van der Waals surface area contributed by atoms with E-state index >= 15 is 0 Å². The molecule has 0 aromatic rings. The Bertz CT molecular complexity index is 238. The molecular weight excluding hydrogens is 220 g/mol. The molecule has 0 aliphatic heterocycles. The van der Waals surface area contributed by atoms with Gasteiger partial charge in [0, 0.05) is 26.6 Å². The SMILES string of the molecule is CCN(CC)C(CO)CC(C)(O)C(=O)N(C)C. The minimum Gasteiger partial charge on any atom is -0.395 e. The number of nitrogens with zero attached hydrogens (tertiary/aromatic N) is 2. The van der Waals surface area contributed by atoms with Gasteiger partial charge in [0.25, 0.3) is 5.91 Å². The summed E-state index contributed by atoms with van der Waals surface area (Å²) in [4.78, 5) is 15.2. The molecule has 2 N–H and O–H groups in total. The number of amides is 1. The molecule has 0 aromatic carbocycles. The van der Waals surface area contributed by atoms with Gasteiger partial charge in [0.1, 0.15) is 5.60 Å². The summed E-state index contributed by atoms with van der Waals surface area (Å²) in [5, 5.41) is 19.5. The highest BCUT2D eigenvalue weighted by molar-refractivity contribution is 5.84. The molecule has 1 amide bonds. The minimum atomic E-state index is -1.43. The molecule has 0 spiro atoms. The Morgan fingerprint density at radius 1 is 1.29 bits per heavy atom. The maximum atomic E-state index is 11.8. The second-order valence-electron chi connectivity index (χ2n) is 4.74. The molecule has 0 saturated carbocycles. The van der Waals surface area contributed by atoms with Crippen LogP contribution in [0, 0.1) is 0 Å². The minimum absolute atomic E-state index is 0.0570. The number of aliphatic hydroxyl groups is 2. The van der Waals surface area contributed by atoms with Gasteiger partial charge in [0.05, 0.1) is 6.61 Å². The lowest BCUT2D eigenvalue weighted by molar-refractivity contribution is -0.149. The van der Waals surface area contributed by atoms with Crippen molar-refractivity contribution in [2.45, 2.75) is 38.8 Å². The quantitative estimate of drug-likeness (QED) is 0.659. The average molecular weight is 246 g/mol. The highest BCUT2D eigenvalue weighted by Crippen LogP contribution is 2.18. The van der Waals surface area contributed by atoms with E-state index in [4.69, 9.17) is 0 Å². The Morgan fingerprint density at radius 2 is 1.76 bits per heavy atom. The third-order valence-electron chi connectivity index (χ3n) is 3.04. The van der Waals surface area contributed by atoms with E-state index in [1.807, 2.05) is 18.7 Å². The second-order valence-corrected chi connectivity index (χ2v) is 4.74. The van der Waals surface area contributed by atoms with Crippen LogP contribution in [0.5, 0.6) is 0 Å². The van der Waals surface area contributed by atoms with Crippen LogP contribution >= 0.6 is 0 Å². The zero-order valence-corrected chi connectivity index (χ0v) is 11.6. The van der Waals surface area contributed by atoms with Gasteiger partial charge in [0.15, 0.2) is 0 Å². The van der Waals surface area contributed by atoms with Gasteiger partial charge in [-0.3, -0.25) is 9.69 Å². The zero-order chi connectivity index (χ0) is 13.6. The largest absolute Gasteiger partial charge is 0.395 e. The summed E-state index contributed by atoms with van der Waals surface area (Å²) >= 11 is 0. The van der Waals surface area contributed by atoms with Crippen LogP contribution < -0.4 is 0 Å². The van der Waals surface area contributed by atoms with Crippen molar-refractivity contribution in [3.8, 4) is 0 Å². The van der Waals surface area contributed by atoms with Gasteiger partial charge >= 0.3 is 0 Å². The number of likely N-dealkylation sites (N-methyl/N-ethyl adjacent to an activating group) is 2. The van der Waals surface area contributed by atoms with Crippen molar-refractivity contribution in [3.63, 3.8) is 0 Å². The number of carbonyl (C=O) groups excluding carboxylic acids is 1. The van der Waals surface area contributed by atoms with Crippen LogP contribution in [-0.4, -0.2) is 71.4 Å². The molecular formula is C12H26N2O3. The first-order valence-electron chi connectivity index (χ1n) is 6.09. The normalized spacial score (nSPS) is 16.7. The zero-order valence-electron chi connectivity index (χ0n) is 11.6. The number of rotatable bonds is 7. The smallest absolute Gasteiger partial charge is 0.253 e. The van der Waals surface area contributed by atoms with Crippen molar-refractivity contribution in [2.75, 3.05) is 33.8 Å². The van der Waals surface area contributed by atoms with Crippen LogP contribution in [0.3, 0.4) is 0 Å². The van der Waals surface area contributed by atoms with E-state index in [9.17, 15) is 15.0 Å². The van der Waals surface area contributed by atoms with Gasteiger partial charge in [-0.05, 0) is 20.0 Å². The first kappa shape index (κ1) is 16.4. The Kier molecular flexibility index (Phi) is 6.67. The molecule has 0 saturated heterocycles. The maximum Gasteiger partial charge on any atom is 0.253 e. The molecule has 0 aliphatic carbocycles. The number of aliphatic hydroxyl groups excluding tert-OH is 1. The second kappa shape index (κ2) is 6.93. The third kappa shape index (κ3) is 4.61. The first-order chi connectivity index (χ1) is 7.80.